The summed E-state index contributed by atoms with van der Waals surface area (Å²) in [6, 6.07) is 15.1. The third kappa shape index (κ3) is 2.96. The van der Waals surface area contributed by atoms with Crippen LogP contribution in [0.3, 0.4) is 0 Å². The van der Waals surface area contributed by atoms with Gasteiger partial charge in [-0.2, -0.15) is 18.4 Å². The zero-order valence-electron chi connectivity index (χ0n) is 18.3. The normalized spacial score (nSPS) is 33.8. The van der Waals surface area contributed by atoms with E-state index in [9.17, 15) is 18.0 Å². The highest BCUT2D eigenvalue weighted by Gasteiger charge is 2.76. The molecule has 3 unspecified atom stereocenters. The van der Waals surface area contributed by atoms with E-state index >= 15 is 0 Å². The first-order chi connectivity index (χ1) is 16.3. The highest BCUT2D eigenvalue weighted by Crippen LogP contribution is 2.66. The van der Waals surface area contributed by atoms with Crippen molar-refractivity contribution in [2.24, 2.45) is 11.8 Å². The van der Waals surface area contributed by atoms with Crippen LogP contribution in [0.25, 0.3) is 0 Å². The molecule has 8 heteroatoms. The summed E-state index contributed by atoms with van der Waals surface area (Å²) in [7, 11) is 0. The van der Waals surface area contributed by atoms with Crippen molar-refractivity contribution in [2.45, 2.75) is 55.7 Å². The van der Waals surface area contributed by atoms with Crippen LogP contribution in [0.15, 0.2) is 48.5 Å². The molecule has 4 aliphatic heterocycles. The molecule has 34 heavy (non-hydrogen) atoms. The number of rotatable bonds is 4. The summed E-state index contributed by atoms with van der Waals surface area (Å²) in [5.41, 5.74) is -1.35. The first-order valence-electron chi connectivity index (χ1n) is 11.6. The van der Waals surface area contributed by atoms with Crippen molar-refractivity contribution in [3.05, 3.63) is 65.2 Å². The van der Waals surface area contributed by atoms with Crippen molar-refractivity contribution in [2.75, 3.05) is 11.5 Å². The molecule has 2 bridgehead atoms. The first-order valence-corrected chi connectivity index (χ1v) is 11.6. The lowest BCUT2D eigenvalue weighted by Crippen LogP contribution is -2.51. The van der Waals surface area contributed by atoms with Gasteiger partial charge < -0.3 is 9.47 Å². The zero-order chi connectivity index (χ0) is 23.7. The van der Waals surface area contributed by atoms with E-state index in [0.29, 0.717) is 19.4 Å². The highest BCUT2D eigenvalue weighted by molar-refractivity contribution is 6.00. The van der Waals surface area contributed by atoms with Gasteiger partial charge in [-0.3, -0.25) is 9.69 Å². The number of halogens is 3. The van der Waals surface area contributed by atoms with Crippen LogP contribution < -0.4 is 4.90 Å². The number of hydrogen-bond acceptors (Lipinski definition) is 4. The zero-order valence-corrected chi connectivity index (χ0v) is 18.3. The minimum absolute atomic E-state index is 0.116. The number of aryl methyl sites for hydroxylation is 1. The number of ether oxygens (including phenoxy) is 2. The molecule has 6 rings (SSSR count). The third-order valence-corrected chi connectivity index (χ3v) is 8.18. The lowest BCUT2D eigenvalue weighted by Gasteiger charge is -2.41. The molecule has 4 fully saturated rings. The molecule has 2 aromatic carbocycles. The van der Waals surface area contributed by atoms with Gasteiger partial charge in [0, 0.05) is 18.0 Å². The number of benzene rings is 2. The smallest absolute Gasteiger partial charge is 0.367 e. The second-order valence-corrected chi connectivity index (χ2v) is 9.78. The van der Waals surface area contributed by atoms with Crippen molar-refractivity contribution >= 4 is 11.6 Å². The predicted octanol–water partition coefficient (Wildman–Crippen LogP) is 4.84. The number of fused-ring (bicyclic) bond motifs is 2. The molecule has 4 saturated heterocycles. The van der Waals surface area contributed by atoms with Crippen LogP contribution in [-0.4, -0.2) is 29.9 Å². The van der Waals surface area contributed by atoms with Crippen LogP contribution in [0.4, 0.5) is 18.9 Å². The molecule has 0 aliphatic carbocycles. The Morgan fingerprint density at radius 2 is 1.91 bits per heavy atom. The average Bonchev–Trinajstić information content (AvgIpc) is 3.45. The van der Waals surface area contributed by atoms with Gasteiger partial charge in [-0.25, -0.2) is 0 Å². The molecule has 4 aliphatic rings. The number of anilines is 1. The number of hydrogen-bond donors (Lipinski definition) is 0. The number of nitrogens with zero attached hydrogens (tertiary/aromatic N) is 2. The molecule has 1 spiro atoms. The molecule has 0 N–H and O–H groups in total. The maximum Gasteiger partial charge on any atom is 0.417 e. The molecule has 4 heterocycles. The number of amides is 1. The second-order valence-electron chi connectivity index (χ2n) is 9.78. The lowest BCUT2D eigenvalue weighted by molar-refractivity contribution is -0.143. The predicted molar refractivity (Wildman–Crippen MR) is 116 cm³/mol. The van der Waals surface area contributed by atoms with Crippen molar-refractivity contribution in [3.63, 3.8) is 0 Å². The van der Waals surface area contributed by atoms with Crippen LogP contribution in [0.2, 0.25) is 0 Å². The Balaban J connectivity index is 1.38. The number of nitriles is 1. The van der Waals surface area contributed by atoms with Crippen molar-refractivity contribution in [3.8, 4) is 6.07 Å². The fourth-order valence-corrected chi connectivity index (χ4v) is 6.75. The Hall–Kier alpha value is -2.89. The van der Waals surface area contributed by atoms with E-state index < -0.39 is 40.7 Å². The molecular formula is C26H23F3N2O3. The fourth-order valence-electron chi connectivity index (χ4n) is 6.75. The Bertz CT molecular complexity index is 1190. The van der Waals surface area contributed by atoms with E-state index in [4.69, 9.17) is 14.7 Å². The van der Waals surface area contributed by atoms with Crippen molar-refractivity contribution in [1.29, 1.82) is 5.26 Å². The van der Waals surface area contributed by atoms with Crippen LogP contribution in [0.1, 0.15) is 42.4 Å². The maximum atomic E-state index is 13.9. The minimum Gasteiger partial charge on any atom is -0.367 e. The van der Waals surface area contributed by atoms with Crippen molar-refractivity contribution < 1.29 is 27.4 Å². The molecule has 176 valence electrons. The standard InChI is InChI=1S/C26H23F3N2O3/c27-26(28,29)19-14-18(7-6-17(19)15-30)31-22(32)20-21-23(31)33-13-12-25(21)11-10-24(20,34-25)9-8-16-4-2-1-3-5-16/h1-7,14,20-21,23H,8-13H2/t20-,21+,23?,24?,25?/m1/s1. The summed E-state index contributed by atoms with van der Waals surface area (Å²) in [4.78, 5) is 15.3. The number of carbonyl (C=O) groups excluding carboxylic acids is 1. The monoisotopic (exact) mass is 468 g/mol. The van der Waals surface area contributed by atoms with E-state index in [1.54, 1.807) is 6.07 Å². The summed E-state index contributed by atoms with van der Waals surface area (Å²) in [6.07, 6.45) is -1.67. The summed E-state index contributed by atoms with van der Waals surface area (Å²) >= 11 is 0. The maximum absolute atomic E-state index is 13.9. The van der Waals surface area contributed by atoms with Crippen LogP contribution >= 0.6 is 0 Å². The summed E-state index contributed by atoms with van der Waals surface area (Å²) < 4.78 is 53.7. The van der Waals surface area contributed by atoms with Gasteiger partial charge in [-0.15, -0.1) is 0 Å². The Kier molecular flexibility index (Phi) is 4.65. The highest BCUT2D eigenvalue weighted by atomic mass is 19.4. The van der Waals surface area contributed by atoms with Crippen LogP contribution in [0, 0.1) is 23.2 Å². The van der Waals surface area contributed by atoms with E-state index in [2.05, 4.69) is 0 Å². The summed E-state index contributed by atoms with van der Waals surface area (Å²) in [5.74, 6) is -0.923. The molecule has 5 nitrogen and oxygen atoms in total. The SMILES string of the molecule is N#Cc1ccc(N2C(=O)[C@H]3[C@H]4C2OCCC42CCC3(CCc3ccccc3)O2)cc1C(F)(F)F. The van der Waals surface area contributed by atoms with Gasteiger partial charge in [-0.05, 0) is 49.4 Å². The van der Waals surface area contributed by atoms with Gasteiger partial charge in [0.05, 0.1) is 40.9 Å². The summed E-state index contributed by atoms with van der Waals surface area (Å²) in [5, 5.41) is 9.16. The molecule has 1 amide bonds. The minimum atomic E-state index is -4.70. The van der Waals surface area contributed by atoms with Gasteiger partial charge in [-0.1, -0.05) is 30.3 Å². The van der Waals surface area contributed by atoms with Gasteiger partial charge in [0.1, 0.15) is 6.23 Å². The largest absolute Gasteiger partial charge is 0.417 e. The van der Waals surface area contributed by atoms with Crippen LogP contribution in [-0.2, 0) is 26.9 Å². The van der Waals surface area contributed by atoms with Gasteiger partial charge in [0.2, 0.25) is 5.91 Å². The Morgan fingerprint density at radius 3 is 2.65 bits per heavy atom. The number of alkyl halides is 3. The Morgan fingerprint density at radius 1 is 1.12 bits per heavy atom. The molecule has 0 saturated carbocycles. The van der Waals surface area contributed by atoms with E-state index in [-0.39, 0.29) is 17.5 Å². The molecule has 0 radical (unpaired) electrons. The Labute approximate surface area is 195 Å². The number of carbonyl (C=O) groups is 1. The fraction of sp³-hybridized carbons (Fsp3) is 0.462. The average molecular weight is 468 g/mol. The first kappa shape index (κ1) is 21.6. The van der Waals surface area contributed by atoms with E-state index in [1.807, 2.05) is 30.3 Å². The van der Waals surface area contributed by atoms with Gasteiger partial charge in [0.25, 0.3) is 0 Å². The molecule has 2 aromatic rings. The molecule has 5 atom stereocenters. The summed E-state index contributed by atoms with van der Waals surface area (Å²) in [6.45, 7) is 0.384. The van der Waals surface area contributed by atoms with E-state index in [1.165, 1.54) is 11.0 Å². The van der Waals surface area contributed by atoms with Gasteiger partial charge in [0.15, 0.2) is 0 Å². The second kappa shape index (κ2) is 7.30. The quantitative estimate of drug-likeness (QED) is 0.645. The molecule has 0 aromatic heterocycles. The van der Waals surface area contributed by atoms with E-state index in [0.717, 1.165) is 37.0 Å². The lowest BCUT2D eigenvalue weighted by atomic mass is 9.64. The topological polar surface area (TPSA) is 62.6 Å². The van der Waals surface area contributed by atoms with Crippen molar-refractivity contribution in [1.82, 2.24) is 0 Å². The third-order valence-electron chi connectivity index (χ3n) is 8.18. The van der Waals surface area contributed by atoms with Gasteiger partial charge >= 0.3 is 6.18 Å². The molecular weight excluding hydrogens is 445 g/mol. The van der Waals surface area contributed by atoms with Crippen LogP contribution in [0.5, 0.6) is 0 Å².